The van der Waals surface area contributed by atoms with Gasteiger partial charge in [-0.15, -0.1) is 0 Å². The van der Waals surface area contributed by atoms with Gasteiger partial charge < -0.3 is 19.9 Å². The van der Waals surface area contributed by atoms with E-state index in [1.807, 2.05) is 6.92 Å². The van der Waals surface area contributed by atoms with Crippen LogP contribution in [0.1, 0.15) is 26.7 Å². The van der Waals surface area contributed by atoms with E-state index in [-0.39, 0.29) is 0 Å². The maximum atomic E-state index is 12.9. The molecule has 0 amide bonds. The second-order valence-corrected chi connectivity index (χ2v) is 7.71. The summed E-state index contributed by atoms with van der Waals surface area (Å²) in [5, 5.41) is 3.31. The van der Waals surface area contributed by atoms with Gasteiger partial charge >= 0.3 is 6.18 Å². The minimum atomic E-state index is -4.17. The molecule has 1 unspecified atom stereocenters. The number of hydrogen-bond donors (Lipinski definition) is 1. The van der Waals surface area contributed by atoms with Crippen LogP contribution in [0.5, 0.6) is 0 Å². The van der Waals surface area contributed by atoms with Gasteiger partial charge in [-0.1, -0.05) is 0 Å². The van der Waals surface area contributed by atoms with E-state index in [1.54, 1.807) is 7.11 Å². The van der Waals surface area contributed by atoms with Crippen LogP contribution in [0.15, 0.2) is 4.99 Å². The minimum Gasteiger partial charge on any atom is -0.383 e. The molecule has 0 aliphatic carbocycles. The van der Waals surface area contributed by atoms with E-state index in [2.05, 4.69) is 15.1 Å². The van der Waals surface area contributed by atoms with E-state index in [1.165, 1.54) is 11.8 Å². The summed E-state index contributed by atoms with van der Waals surface area (Å²) in [5.74, 6) is 1.41. The van der Waals surface area contributed by atoms with Crippen molar-refractivity contribution in [2.24, 2.45) is 10.9 Å². The average molecular weight is 408 g/mol. The van der Waals surface area contributed by atoms with Crippen LogP contribution in [0.2, 0.25) is 0 Å². The van der Waals surface area contributed by atoms with Gasteiger partial charge in [-0.25, -0.2) is 0 Å². The molecule has 6 nitrogen and oxygen atoms in total. The Morgan fingerprint density at radius 1 is 1.14 bits per heavy atom. The lowest BCUT2D eigenvalue weighted by molar-refractivity contribution is -0.181. The first kappa shape index (κ1) is 23.2. The molecule has 0 aromatic heterocycles. The van der Waals surface area contributed by atoms with Crippen LogP contribution in [0.3, 0.4) is 0 Å². The van der Waals surface area contributed by atoms with Crippen LogP contribution in [0, 0.1) is 5.92 Å². The number of alkyl halides is 3. The number of nitrogens with zero attached hydrogens (tertiary/aromatic N) is 4. The van der Waals surface area contributed by atoms with Gasteiger partial charge in [0, 0.05) is 52.9 Å². The van der Waals surface area contributed by atoms with Gasteiger partial charge in [-0.2, -0.15) is 13.2 Å². The molecular formula is C19H36F3N5O. The number of guanidine groups is 1. The van der Waals surface area contributed by atoms with Gasteiger partial charge in [0.2, 0.25) is 0 Å². The normalized spacial score (nSPS) is 22.5. The van der Waals surface area contributed by atoms with Crippen molar-refractivity contribution in [1.29, 1.82) is 0 Å². The summed E-state index contributed by atoms with van der Waals surface area (Å²) in [6.07, 6.45) is -1.91. The Labute approximate surface area is 167 Å². The Hall–Kier alpha value is -1.06. The zero-order chi connectivity index (χ0) is 20.6. The van der Waals surface area contributed by atoms with Gasteiger partial charge in [0.05, 0.1) is 6.61 Å². The molecule has 0 aromatic rings. The average Bonchev–Trinajstić information content (AvgIpc) is 2.69. The van der Waals surface area contributed by atoms with Gasteiger partial charge in [0.1, 0.15) is 6.04 Å². The zero-order valence-electron chi connectivity index (χ0n) is 17.5. The Morgan fingerprint density at radius 2 is 1.79 bits per heavy atom. The van der Waals surface area contributed by atoms with Crippen molar-refractivity contribution in [1.82, 2.24) is 20.0 Å². The number of nitrogens with one attached hydrogen (secondary N) is 1. The number of rotatable bonds is 7. The molecular weight excluding hydrogens is 371 g/mol. The molecule has 2 aliphatic heterocycles. The Balaban J connectivity index is 1.81. The molecule has 9 heteroatoms. The van der Waals surface area contributed by atoms with E-state index in [0.717, 1.165) is 58.1 Å². The van der Waals surface area contributed by atoms with Gasteiger partial charge in [0.15, 0.2) is 5.96 Å². The molecule has 0 radical (unpaired) electrons. The van der Waals surface area contributed by atoms with Gasteiger partial charge in [0.25, 0.3) is 0 Å². The maximum absolute atomic E-state index is 12.9. The predicted molar refractivity (Wildman–Crippen MR) is 106 cm³/mol. The molecule has 0 bridgehead atoms. The molecule has 28 heavy (non-hydrogen) atoms. The number of aliphatic imine (C=N–C) groups is 1. The Kier molecular flexibility index (Phi) is 9.30. The zero-order valence-corrected chi connectivity index (χ0v) is 17.5. The molecule has 2 rings (SSSR count). The summed E-state index contributed by atoms with van der Waals surface area (Å²) < 4.78 is 43.9. The van der Waals surface area contributed by atoms with Crippen molar-refractivity contribution in [2.45, 2.75) is 38.9 Å². The number of methoxy groups -OCH3 is 1. The van der Waals surface area contributed by atoms with Crippen LogP contribution in [0.25, 0.3) is 0 Å². The number of halogens is 3. The topological polar surface area (TPSA) is 43.3 Å². The van der Waals surface area contributed by atoms with E-state index in [9.17, 15) is 13.2 Å². The van der Waals surface area contributed by atoms with Crippen LogP contribution in [0.4, 0.5) is 13.2 Å². The summed E-state index contributed by atoms with van der Waals surface area (Å²) in [6.45, 7) is 10.7. The van der Waals surface area contributed by atoms with E-state index < -0.39 is 12.2 Å². The lowest BCUT2D eigenvalue weighted by atomic mass is 9.97. The summed E-state index contributed by atoms with van der Waals surface area (Å²) >= 11 is 0. The summed E-state index contributed by atoms with van der Waals surface area (Å²) in [7, 11) is 1.73. The van der Waals surface area contributed by atoms with E-state index >= 15 is 0 Å². The van der Waals surface area contributed by atoms with Crippen molar-refractivity contribution in [3.8, 4) is 0 Å². The highest BCUT2D eigenvalue weighted by atomic mass is 19.4. The molecule has 0 spiro atoms. The van der Waals surface area contributed by atoms with Crippen molar-refractivity contribution in [2.75, 3.05) is 72.6 Å². The van der Waals surface area contributed by atoms with Crippen molar-refractivity contribution >= 4 is 5.96 Å². The SMILES string of the molecule is CCNC(=NCC1CCN(CCOC)CC1)N1CCN(C(C)C(F)(F)F)CC1. The minimum absolute atomic E-state index is 0.406. The summed E-state index contributed by atoms with van der Waals surface area (Å²) in [6, 6.07) is -1.39. The van der Waals surface area contributed by atoms with E-state index in [0.29, 0.717) is 32.1 Å². The molecule has 0 aromatic carbocycles. The highest BCUT2D eigenvalue weighted by molar-refractivity contribution is 5.80. The van der Waals surface area contributed by atoms with Crippen LogP contribution < -0.4 is 5.32 Å². The first-order valence-corrected chi connectivity index (χ1v) is 10.4. The van der Waals surface area contributed by atoms with Gasteiger partial charge in [-0.3, -0.25) is 9.89 Å². The molecule has 2 saturated heterocycles. The lowest BCUT2D eigenvalue weighted by Crippen LogP contribution is -2.56. The third kappa shape index (κ3) is 7.08. The molecule has 0 saturated carbocycles. The highest BCUT2D eigenvalue weighted by Gasteiger charge is 2.41. The maximum Gasteiger partial charge on any atom is 0.403 e. The van der Waals surface area contributed by atoms with Crippen LogP contribution in [-0.4, -0.2) is 105 Å². The smallest absolute Gasteiger partial charge is 0.383 e. The largest absolute Gasteiger partial charge is 0.403 e. The fourth-order valence-corrected chi connectivity index (χ4v) is 3.78. The number of likely N-dealkylation sites (tertiary alicyclic amines) is 1. The third-order valence-corrected chi connectivity index (χ3v) is 5.79. The van der Waals surface area contributed by atoms with Crippen LogP contribution in [-0.2, 0) is 4.74 Å². The number of ether oxygens (including phenoxy) is 1. The molecule has 2 aliphatic rings. The third-order valence-electron chi connectivity index (χ3n) is 5.79. The predicted octanol–water partition coefficient (Wildman–Crippen LogP) is 1.88. The second kappa shape index (κ2) is 11.2. The highest BCUT2D eigenvalue weighted by Crippen LogP contribution is 2.25. The Morgan fingerprint density at radius 3 is 2.32 bits per heavy atom. The molecule has 1 N–H and O–H groups in total. The van der Waals surface area contributed by atoms with Crippen molar-refractivity contribution in [3.63, 3.8) is 0 Å². The summed E-state index contributed by atoms with van der Waals surface area (Å²) in [4.78, 5) is 10.8. The number of hydrogen-bond acceptors (Lipinski definition) is 4. The Bertz CT molecular complexity index is 473. The number of piperazine rings is 1. The first-order chi connectivity index (χ1) is 13.3. The first-order valence-electron chi connectivity index (χ1n) is 10.4. The van der Waals surface area contributed by atoms with Crippen molar-refractivity contribution in [3.05, 3.63) is 0 Å². The fraction of sp³-hybridized carbons (Fsp3) is 0.947. The molecule has 1 atom stereocenters. The van der Waals surface area contributed by atoms with Gasteiger partial charge in [-0.05, 0) is 45.7 Å². The second-order valence-electron chi connectivity index (χ2n) is 7.71. The summed E-state index contributed by atoms with van der Waals surface area (Å²) in [5.41, 5.74) is 0. The molecule has 2 heterocycles. The number of piperidine rings is 1. The van der Waals surface area contributed by atoms with E-state index in [4.69, 9.17) is 9.73 Å². The molecule has 164 valence electrons. The quantitative estimate of drug-likeness (QED) is 0.516. The van der Waals surface area contributed by atoms with Crippen LogP contribution >= 0.6 is 0 Å². The lowest BCUT2D eigenvalue weighted by Gasteiger charge is -2.40. The van der Waals surface area contributed by atoms with Crippen molar-refractivity contribution < 1.29 is 17.9 Å². The standard InChI is InChI=1S/C19H36F3N5O/c1-4-23-18(24-15-17-5-7-25(8-6-17)13-14-28-3)27-11-9-26(10-12-27)16(2)19(20,21)22/h16-17H,4-15H2,1-3H3,(H,23,24). The fourth-order valence-electron chi connectivity index (χ4n) is 3.78. The molecule has 2 fully saturated rings. The monoisotopic (exact) mass is 407 g/mol.